The molecule has 1 aromatic rings. The Balaban J connectivity index is 2.12. The number of para-hydroxylation sites is 1. The van der Waals surface area contributed by atoms with E-state index in [2.05, 4.69) is 13.8 Å². The summed E-state index contributed by atoms with van der Waals surface area (Å²) < 4.78 is 11.4. The van der Waals surface area contributed by atoms with Crippen LogP contribution in [0.4, 0.5) is 0 Å². The minimum atomic E-state index is -0.170. The molecular formula is C14H21NO2. The predicted molar refractivity (Wildman–Crippen MR) is 68.1 cm³/mol. The first-order valence-corrected chi connectivity index (χ1v) is 6.08. The van der Waals surface area contributed by atoms with Gasteiger partial charge in [0.15, 0.2) is 0 Å². The molecule has 1 aromatic carbocycles. The molecule has 17 heavy (non-hydrogen) atoms. The Labute approximate surface area is 103 Å². The molecule has 1 aliphatic heterocycles. The second-order valence-corrected chi connectivity index (χ2v) is 5.29. The number of ether oxygens (including phenoxy) is 2. The first-order valence-electron chi connectivity index (χ1n) is 6.08. The molecule has 2 rings (SSSR count). The summed E-state index contributed by atoms with van der Waals surface area (Å²) in [6.07, 6.45) is 1.84. The third-order valence-electron chi connectivity index (χ3n) is 3.40. The summed E-state index contributed by atoms with van der Waals surface area (Å²) in [7, 11) is 1.73. The van der Waals surface area contributed by atoms with Gasteiger partial charge in [0, 0.05) is 31.6 Å². The lowest BCUT2D eigenvalue weighted by Crippen LogP contribution is -2.36. The van der Waals surface area contributed by atoms with Crippen molar-refractivity contribution in [3.8, 4) is 5.75 Å². The van der Waals surface area contributed by atoms with Crippen molar-refractivity contribution in [2.24, 2.45) is 5.73 Å². The summed E-state index contributed by atoms with van der Waals surface area (Å²) in [5, 5.41) is 0. The number of hydrogen-bond donors (Lipinski definition) is 1. The van der Waals surface area contributed by atoms with E-state index in [-0.39, 0.29) is 17.7 Å². The summed E-state index contributed by atoms with van der Waals surface area (Å²) in [4.78, 5) is 0. The SMILES string of the molecule is COC(C)(C)CC1CC(N)c2ccccc2O1. The molecule has 0 saturated heterocycles. The smallest absolute Gasteiger partial charge is 0.124 e. The second kappa shape index (κ2) is 4.67. The van der Waals surface area contributed by atoms with E-state index in [0.29, 0.717) is 0 Å². The van der Waals surface area contributed by atoms with Crippen molar-refractivity contribution in [3.05, 3.63) is 29.8 Å². The van der Waals surface area contributed by atoms with Crippen LogP contribution in [-0.4, -0.2) is 18.8 Å². The van der Waals surface area contributed by atoms with E-state index in [1.54, 1.807) is 7.11 Å². The van der Waals surface area contributed by atoms with Crippen LogP contribution in [0.3, 0.4) is 0 Å². The molecule has 2 atom stereocenters. The zero-order valence-electron chi connectivity index (χ0n) is 10.8. The van der Waals surface area contributed by atoms with E-state index in [1.165, 1.54) is 0 Å². The number of benzene rings is 1. The third-order valence-corrected chi connectivity index (χ3v) is 3.40. The Morgan fingerprint density at radius 3 is 2.82 bits per heavy atom. The Hall–Kier alpha value is -1.06. The number of rotatable bonds is 3. The van der Waals surface area contributed by atoms with Gasteiger partial charge in [0.25, 0.3) is 0 Å². The van der Waals surface area contributed by atoms with E-state index in [4.69, 9.17) is 15.2 Å². The maximum Gasteiger partial charge on any atom is 0.124 e. The molecule has 0 aromatic heterocycles. The highest BCUT2D eigenvalue weighted by molar-refractivity contribution is 5.37. The summed E-state index contributed by atoms with van der Waals surface area (Å²) >= 11 is 0. The lowest BCUT2D eigenvalue weighted by molar-refractivity contribution is -0.0194. The van der Waals surface area contributed by atoms with E-state index in [1.807, 2.05) is 24.3 Å². The molecule has 3 heteroatoms. The standard InChI is InChI=1S/C14H21NO2/c1-14(2,16-3)9-10-8-12(15)11-6-4-5-7-13(11)17-10/h4-7,10,12H,8-9,15H2,1-3H3. The molecule has 0 aliphatic carbocycles. The molecule has 1 heterocycles. The van der Waals surface area contributed by atoms with Crippen LogP contribution in [-0.2, 0) is 4.74 Å². The lowest BCUT2D eigenvalue weighted by atomic mass is 9.91. The molecule has 3 nitrogen and oxygen atoms in total. The Bertz CT molecular complexity index is 390. The zero-order valence-corrected chi connectivity index (χ0v) is 10.8. The van der Waals surface area contributed by atoms with Crippen molar-refractivity contribution in [1.29, 1.82) is 0 Å². The number of methoxy groups -OCH3 is 1. The maximum atomic E-state index is 6.18. The zero-order chi connectivity index (χ0) is 12.5. The van der Waals surface area contributed by atoms with Crippen LogP contribution in [0.1, 0.15) is 38.3 Å². The fourth-order valence-electron chi connectivity index (χ4n) is 2.29. The van der Waals surface area contributed by atoms with Gasteiger partial charge < -0.3 is 15.2 Å². The van der Waals surface area contributed by atoms with Gasteiger partial charge in [-0.2, -0.15) is 0 Å². The molecule has 0 fully saturated rings. The van der Waals surface area contributed by atoms with E-state index in [9.17, 15) is 0 Å². The van der Waals surface area contributed by atoms with Crippen LogP contribution in [0, 0.1) is 0 Å². The molecule has 0 amide bonds. The van der Waals surface area contributed by atoms with Crippen LogP contribution in [0.2, 0.25) is 0 Å². The minimum absolute atomic E-state index is 0.0672. The summed E-state index contributed by atoms with van der Waals surface area (Å²) in [5.74, 6) is 0.920. The highest BCUT2D eigenvalue weighted by Crippen LogP contribution is 2.35. The van der Waals surface area contributed by atoms with Crippen molar-refractivity contribution in [1.82, 2.24) is 0 Å². The number of hydrogen-bond acceptors (Lipinski definition) is 3. The molecule has 0 radical (unpaired) electrons. The summed E-state index contributed by atoms with van der Waals surface area (Å²) in [6, 6.07) is 8.08. The largest absolute Gasteiger partial charge is 0.490 e. The van der Waals surface area contributed by atoms with Gasteiger partial charge in [0.05, 0.1) is 5.60 Å². The van der Waals surface area contributed by atoms with Gasteiger partial charge in [0.2, 0.25) is 0 Å². The van der Waals surface area contributed by atoms with Gasteiger partial charge in [-0.3, -0.25) is 0 Å². The first kappa shape index (κ1) is 12.4. The van der Waals surface area contributed by atoms with Gasteiger partial charge in [-0.05, 0) is 19.9 Å². The number of nitrogens with two attached hydrogens (primary N) is 1. The quantitative estimate of drug-likeness (QED) is 0.876. The van der Waals surface area contributed by atoms with Crippen molar-refractivity contribution in [3.63, 3.8) is 0 Å². The van der Waals surface area contributed by atoms with E-state index >= 15 is 0 Å². The fraction of sp³-hybridized carbons (Fsp3) is 0.571. The maximum absolute atomic E-state index is 6.18. The molecule has 94 valence electrons. The van der Waals surface area contributed by atoms with Crippen LogP contribution in [0.5, 0.6) is 5.75 Å². The minimum Gasteiger partial charge on any atom is -0.490 e. The Kier molecular flexibility index (Phi) is 3.40. The first-order chi connectivity index (χ1) is 8.02. The van der Waals surface area contributed by atoms with E-state index < -0.39 is 0 Å². The Morgan fingerprint density at radius 1 is 1.41 bits per heavy atom. The van der Waals surface area contributed by atoms with Gasteiger partial charge >= 0.3 is 0 Å². The topological polar surface area (TPSA) is 44.5 Å². The molecule has 0 bridgehead atoms. The Morgan fingerprint density at radius 2 is 2.12 bits per heavy atom. The highest BCUT2D eigenvalue weighted by Gasteiger charge is 2.30. The molecule has 0 saturated carbocycles. The van der Waals surface area contributed by atoms with Crippen LogP contribution in [0.15, 0.2) is 24.3 Å². The molecule has 0 spiro atoms. The van der Waals surface area contributed by atoms with Gasteiger partial charge in [-0.25, -0.2) is 0 Å². The fourth-order valence-corrected chi connectivity index (χ4v) is 2.29. The van der Waals surface area contributed by atoms with Gasteiger partial charge in [-0.1, -0.05) is 18.2 Å². The second-order valence-electron chi connectivity index (χ2n) is 5.29. The van der Waals surface area contributed by atoms with Crippen molar-refractivity contribution >= 4 is 0 Å². The monoisotopic (exact) mass is 235 g/mol. The summed E-state index contributed by atoms with van der Waals surface area (Å²) in [6.45, 7) is 4.14. The average Bonchev–Trinajstić information content (AvgIpc) is 2.28. The molecule has 2 N–H and O–H groups in total. The number of fused-ring (bicyclic) bond motifs is 1. The summed E-state index contributed by atoms with van der Waals surface area (Å²) in [5.41, 5.74) is 7.12. The molecule has 2 unspecified atom stereocenters. The van der Waals surface area contributed by atoms with Crippen molar-refractivity contribution in [2.45, 2.75) is 44.4 Å². The van der Waals surface area contributed by atoms with Crippen molar-refractivity contribution in [2.75, 3.05) is 7.11 Å². The van der Waals surface area contributed by atoms with Crippen LogP contribution >= 0.6 is 0 Å². The highest BCUT2D eigenvalue weighted by atomic mass is 16.5. The van der Waals surface area contributed by atoms with Crippen LogP contribution in [0.25, 0.3) is 0 Å². The van der Waals surface area contributed by atoms with Gasteiger partial charge in [-0.15, -0.1) is 0 Å². The normalized spacial score (nSPS) is 24.0. The predicted octanol–water partition coefficient (Wildman–Crippen LogP) is 2.65. The molecule has 1 aliphatic rings. The van der Waals surface area contributed by atoms with Gasteiger partial charge in [0.1, 0.15) is 11.9 Å². The molecular weight excluding hydrogens is 214 g/mol. The van der Waals surface area contributed by atoms with Crippen LogP contribution < -0.4 is 10.5 Å². The lowest BCUT2D eigenvalue weighted by Gasteiger charge is -2.34. The third kappa shape index (κ3) is 2.79. The average molecular weight is 235 g/mol. The van der Waals surface area contributed by atoms with Crippen molar-refractivity contribution < 1.29 is 9.47 Å². The van der Waals surface area contributed by atoms with E-state index in [0.717, 1.165) is 24.2 Å².